The zero-order valence-corrected chi connectivity index (χ0v) is 5.95. The van der Waals surface area contributed by atoms with Gasteiger partial charge in [0.1, 0.15) is 0 Å². The van der Waals surface area contributed by atoms with E-state index in [1.165, 1.54) is 12.8 Å². The van der Waals surface area contributed by atoms with Crippen LogP contribution in [0.3, 0.4) is 0 Å². The Hall–Kier alpha value is 0.310. The van der Waals surface area contributed by atoms with Crippen LogP contribution in [0.5, 0.6) is 0 Å². The number of hydrogen-bond acceptors (Lipinski definition) is 2. The molecule has 2 unspecified atom stereocenters. The molecule has 1 fully saturated rings. The number of hydrogen-bond donors (Lipinski definition) is 1. The second kappa shape index (κ2) is 2.74. The molecule has 0 aliphatic heterocycles. The van der Waals surface area contributed by atoms with Crippen LogP contribution in [0, 0.1) is 0 Å². The minimum Gasteiger partial charge on any atom is -0.392 e. The van der Waals surface area contributed by atoms with E-state index >= 15 is 0 Å². The summed E-state index contributed by atoms with van der Waals surface area (Å²) in [6.45, 7) is 0. The highest BCUT2D eigenvalue weighted by atomic mass is 32.2. The van der Waals surface area contributed by atoms with Crippen molar-refractivity contribution in [3.05, 3.63) is 0 Å². The summed E-state index contributed by atoms with van der Waals surface area (Å²) in [5.41, 5.74) is 0. The molecule has 0 bridgehead atoms. The first-order valence-electron chi connectivity index (χ1n) is 3.05. The van der Waals surface area contributed by atoms with E-state index in [1.54, 1.807) is 11.8 Å². The number of aliphatic hydroxyl groups excluding tert-OH is 1. The van der Waals surface area contributed by atoms with Crippen molar-refractivity contribution in [3.63, 3.8) is 0 Å². The summed E-state index contributed by atoms with van der Waals surface area (Å²) in [6, 6.07) is 0. The fourth-order valence-corrected chi connectivity index (χ4v) is 2.03. The van der Waals surface area contributed by atoms with Crippen LogP contribution in [0.25, 0.3) is 0 Å². The van der Waals surface area contributed by atoms with E-state index in [9.17, 15) is 0 Å². The predicted octanol–water partition coefficient (Wildman–Crippen LogP) is 1.26. The lowest BCUT2D eigenvalue weighted by molar-refractivity contribution is 0.188. The molecule has 2 heteroatoms. The van der Waals surface area contributed by atoms with Gasteiger partial charge in [-0.1, -0.05) is 0 Å². The molecule has 0 spiro atoms. The molecule has 0 aromatic heterocycles. The van der Waals surface area contributed by atoms with Gasteiger partial charge in [-0.05, 0) is 25.5 Å². The first-order valence-corrected chi connectivity index (χ1v) is 4.34. The van der Waals surface area contributed by atoms with Gasteiger partial charge in [0.05, 0.1) is 6.10 Å². The third kappa shape index (κ3) is 1.17. The standard InChI is InChI=1S/C6H12OS/c1-8-6-4-2-3-5(6)7/h5-7H,2-4H2,1H3. The van der Waals surface area contributed by atoms with Gasteiger partial charge in [0, 0.05) is 5.25 Å². The van der Waals surface area contributed by atoms with E-state index in [-0.39, 0.29) is 6.10 Å². The first-order chi connectivity index (χ1) is 3.84. The average molecular weight is 132 g/mol. The Bertz CT molecular complexity index is 74.9. The van der Waals surface area contributed by atoms with E-state index in [0.717, 1.165) is 6.42 Å². The van der Waals surface area contributed by atoms with Crippen LogP contribution in [0.1, 0.15) is 19.3 Å². The smallest absolute Gasteiger partial charge is 0.0658 e. The van der Waals surface area contributed by atoms with Gasteiger partial charge in [-0.3, -0.25) is 0 Å². The van der Waals surface area contributed by atoms with Crippen molar-refractivity contribution in [2.75, 3.05) is 6.26 Å². The Labute approximate surface area is 54.5 Å². The van der Waals surface area contributed by atoms with Crippen LogP contribution in [-0.4, -0.2) is 22.7 Å². The van der Waals surface area contributed by atoms with Crippen LogP contribution in [0.2, 0.25) is 0 Å². The minimum absolute atomic E-state index is 0.00926. The molecule has 1 aliphatic carbocycles. The van der Waals surface area contributed by atoms with Gasteiger partial charge in [-0.25, -0.2) is 0 Å². The van der Waals surface area contributed by atoms with Crippen molar-refractivity contribution in [2.24, 2.45) is 0 Å². The molecule has 0 saturated heterocycles. The molecule has 1 nitrogen and oxygen atoms in total. The normalized spacial score (nSPS) is 38.2. The summed E-state index contributed by atoms with van der Waals surface area (Å²) in [6.07, 6.45) is 5.50. The molecule has 0 amide bonds. The lowest BCUT2D eigenvalue weighted by Gasteiger charge is -2.08. The maximum absolute atomic E-state index is 9.17. The summed E-state index contributed by atoms with van der Waals surface area (Å²) in [7, 11) is 0. The topological polar surface area (TPSA) is 20.2 Å². The molecule has 1 N–H and O–H groups in total. The third-order valence-electron chi connectivity index (χ3n) is 1.72. The third-order valence-corrected chi connectivity index (χ3v) is 2.88. The van der Waals surface area contributed by atoms with Crippen LogP contribution >= 0.6 is 11.8 Å². The molecule has 0 aromatic carbocycles. The van der Waals surface area contributed by atoms with Gasteiger partial charge < -0.3 is 5.11 Å². The summed E-state index contributed by atoms with van der Waals surface area (Å²) in [5.74, 6) is 0. The quantitative estimate of drug-likeness (QED) is 0.579. The second-order valence-corrected chi connectivity index (χ2v) is 3.35. The van der Waals surface area contributed by atoms with Gasteiger partial charge in [-0.2, -0.15) is 11.8 Å². The number of rotatable bonds is 1. The van der Waals surface area contributed by atoms with Crippen LogP contribution in [-0.2, 0) is 0 Å². The first kappa shape index (κ1) is 6.43. The summed E-state index contributed by atoms with van der Waals surface area (Å²) < 4.78 is 0. The zero-order chi connectivity index (χ0) is 5.98. The van der Waals surface area contributed by atoms with Crippen LogP contribution in [0.15, 0.2) is 0 Å². The van der Waals surface area contributed by atoms with Gasteiger partial charge in [0.2, 0.25) is 0 Å². The van der Waals surface area contributed by atoms with Gasteiger partial charge in [0.25, 0.3) is 0 Å². The monoisotopic (exact) mass is 132 g/mol. The van der Waals surface area contributed by atoms with Crippen molar-refractivity contribution in [2.45, 2.75) is 30.6 Å². The maximum Gasteiger partial charge on any atom is 0.0658 e. The largest absolute Gasteiger partial charge is 0.392 e. The maximum atomic E-state index is 9.17. The van der Waals surface area contributed by atoms with Crippen molar-refractivity contribution < 1.29 is 5.11 Å². The number of thioether (sulfide) groups is 1. The number of aliphatic hydroxyl groups is 1. The van der Waals surface area contributed by atoms with Crippen molar-refractivity contribution in [1.82, 2.24) is 0 Å². The van der Waals surface area contributed by atoms with E-state index in [2.05, 4.69) is 6.26 Å². The fourth-order valence-electron chi connectivity index (χ4n) is 1.18. The Morgan fingerprint density at radius 1 is 1.50 bits per heavy atom. The van der Waals surface area contributed by atoms with Crippen molar-refractivity contribution in [3.8, 4) is 0 Å². The molecule has 8 heavy (non-hydrogen) atoms. The minimum atomic E-state index is -0.00926. The molecule has 0 radical (unpaired) electrons. The fraction of sp³-hybridized carbons (Fsp3) is 1.00. The zero-order valence-electron chi connectivity index (χ0n) is 5.13. The molecular formula is C6H12OS. The molecular weight excluding hydrogens is 120 g/mol. The van der Waals surface area contributed by atoms with E-state index in [0.29, 0.717) is 5.25 Å². The summed E-state index contributed by atoms with van der Waals surface area (Å²) in [5, 5.41) is 9.71. The summed E-state index contributed by atoms with van der Waals surface area (Å²) >= 11 is 1.79. The molecule has 1 saturated carbocycles. The SMILES string of the molecule is CSC1CCCC1O. The van der Waals surface area contributed by atoms with Crippen LogP contribution in [0.4, 0.5) is 0 Å². The highest BCUT2D eigenvalue weighted by Crippen LogP contribution is 2.27. The molecule has 0 aromatic rings. The van der Waals surface area contributed by atoms with Gasteiger partial charge in [0.15, 0.2) is 0 Å². The highest BCUT2D eigenvalue weighted by molar-refractivity contribution is 7.99. The Morgan fingerprint density at radius 2 is 2.25 bits per heavy atom. The second-order valence-electron chi connectivity index (χ2n) is 2.27. The van der Waals surface area contributed by atoms with Crippen molar-refractivity contribution >= 4 is 11.8 Å². The Kier molecular flexibility index (Phi) is 2.20. The lowest BCUT2D eigenvalue weighted by atomic mass is 10.3. The summed E-state index contributed by atoms with van der Waals surface area (Å²) in [4.78, 5) is 0. The highest BCUT2D eigenvalue weighted by Gasteiger charge is 2.23. The molecule has 48 valence electrons. The Balaban J connectivity index is 2.30. The molecule has 2 atom stereocenters. The van der Waals surface area contributed by atoms with Crippen molar-refractivity contribution in [1.29, 1.82) is 0 Å². The molecule has 0 heterocycles. The molecule has 1 aliphatic rings. The predicted molar refractivity (Wildman–Crippen MR) is 37.2 cm³/mol. The van der Waals surface area contributed by atoms with E-state index < -0.39 is 0 Å². The lowest BCUT2D eigenvalue weighted by Crippen LogP contribution is -2.14. The molecule has 1 rings (SSSR count). The van der Waals surface area contributed by atoms with Gasteiger partial charge in [-0.15, -0.1) is 0 Å². The van der Waals surface area contributed by atoms with E-state index in [4.69, 9.17) is 5.11 Å². The van der Waals surface area contributed by atoms with Crippen LogP contribution < -0.4 is 0 Å². The van der Waals surface area contributed by atoms with Gasteiger partial charge >= 0.3 is 0 Å². The Morgan fingerprint density at radius 3 is 2.50 bits per heavy atom. The average Bonchev–Trinajstić information content (AvgIpc) is 2.14. The van der Waals surface area contributed by atoms with E-state index in [1.807, 2.05) is 0 Å².